The lowest BCUT2D eigenvalue weighted by molar-refractivity contribution is -0.150. The number of carbonyl (C=O) groups excluding carboxylic acids is 2. The summed E-state index contributed by atoms with van der Waals surface area (Å²) >= 11 is 6.03. The number of rotatable bonds is 3. The molecule has 1 aromatic carbocycles. The van der Waals surface area contributed by atoms with Crippen molar-refractivity contribution in [3.63, 3.8) is 0 Å². The molecule has 1 aliphatic rings. The van der Waals surface area contributed by atoms with Gasteiger partial charge in [-0.05, 0) is 38.5 Å². The molecule has 6 heteroatoms. The molecule has 0 aromatic heterocycles. The standard InChI is InChI=1S/C15H19ClN2O3/c1-10-4-5-11(16)12(8-10)21-9-13(19)18-7-6-17-14(20)15(18,2)3/h4-5,8H,6-7,9H2,1-3H3,(H,17,20). The monoisotopic (exact) mass is 310 g/mol. The number of benzene rings is 1. The van der Waals surface area contributed by atoms with Crippen molar-refractivity contribution in [2.75, 3.05) is 19.7 Å². The zero-order valence-electron chi connectivity index (χ0n) is 12.4. The molecule has 0 bridgehead atoms. The van der Waals surface area contributed by atoms with Crippen molar-refractivity contribution in [2.45, 2.75) is 26.3 Å². The van der Waals surface area contributed by atoms with Crippen LogP contribution in [0.15, 0.2) is 18.2 Å². The highest BCUT2D eigenvalue weighted by Crippen LogP contribution is 2.25. The largest absolute Gasteiger partial charge is 0.482 e. The van der Waals surface area contributed by atoms with E-state index in [0.717, 1.165) is 5.56 Å². The predicted molar refractivity (Wildman–Crippen MR) is 80.5 cm³/mol. The van der Waals surface area contributed by atoms with Crippen LogP contribution in [0, 0.1) is 6.92 Å². The summed E-state index contributed by atoms with van der Waals surface area (Å²) in [5.74, 6) is 0.0902. The number of piperazine rings is 1. The van der Waals surface area contributed by atoms with Crippen LogP contribution < -0.4 is 10.1 Å². The fourth-order valence-electron chi connectivity index (χ4n) is 2.27. The Balaban J connectivity index is 2.04. The van der Waals surface area contributed by atoms with Gasteiger partial charge >= 0.3 is 0 Å². The Kier molecular flexibility index (Phi) is 4.42. The van der Waals surface area contributed by atoms with Crippen molar-refractivity contribution >= 4 is 23.4 Å². The molecule has 5 nitrogen and oxygen atoms in total. The molecule has 0 unspecified atom stereocenters. The third kappa shape index (κ3) is 3.29. The maximum absolute atomic E-state index is 12.3. The lowest BCUT2D eigenvalue weighted by Crippen LogP contribution is -2.64. The third-order valence-corrected chi connectivity index (χ3v) is 3.90. The summed E-state index contributed by atoms with van der Waals surface area (Å²) in [6, 6.07) is 5.38. The Morgan fingerprint density at radius 2 is 2.19 bits per heavy atom. The minimum absolute atomic E-state index is 0.139. The number of nitrogens with one attached hydrogen (secondary N) is 1. The van der Waals surface area contributed by atoms with Crippen LogP contribution in [0.4, 0.5) is 0 Å². The molecule has 2 rings (SSSR count). The lowest BCUT2D eigenvalue weighted by Gasteiger charge is -2.41. The molecule has 1 aliphatic heterocycles. The maximum Gasteiger partial charge on any atom is 0.261 e. The van der Waals surface area contributed by atoms with Crippen molar-refractivity contribution in [3.8, 4) is 5.75 Å². The number of amides is 2. The molecule has 0 atom stereocenters. The topological polar surface area (TPSA) is 58.6 Å². The van der Waals surface area contributed by atoms with E-state index in [4.69, 9.17) is 16.3 Å². The van der Waals surface area contributed by atoms with E-state index in [9.17, 15) is 9.59 Å². The molecule has 1 heterocycles. The average Bonchev–Trinajstić information content (AvgIpc) is 2.42. The van der Waals surface area contributed by atoms with E-state index >= 15 is 0 Å². The lowest BCUT2D eigenvalue weighted by atomic mass is 9.99. The van der Waals surface area contributed by atoms with Gasteiger partial charge in [0, 0.05) is 13.1 Å². The fourth-order valence-corrected chi connectivity index (χ4v) is 2.45. The van der Waals surface area contributed by atoms with E-state index in [1.165, 1.54) is 4.90 Å². The summed E-state index contributed by atoms with van der Waals surface area (Å²) in [5, 5.41) is 3.21. The highest BCUT2D eigenvalue weighted by atomic mass is 35.5. The Bertz CT molecular complexity index is 572. The summed E-state index contributed by atoms with van der Waals surface area (Å²) in [4.78, 5) is 25.7. The Morgan fingerprint density at radius 3 is 2.90 bits per heavy atom. The van der Waals surface area contributed by atoms with Gasteiger partial charge in [-0.1, -0.05) is 17.7 Å². The maximum atomic E-state index is 12.3. The van der Waals surface area contributed by atoms with Crippen molar-refractivity contribution in [2.24, 2.45) is 0 Å². The molecule has 0 aliphatic carbocycles. The van der Waals surface area contributed by atoms with E-state index in [1.54, 1.807) is 26.0 Å². The Hall–Kier alpha value is -1.75. The second kappa shape index (κ2) is 5.93. The molecular weight excluding hydrogens is 292 g/mol. The zero-order chi connectivity index (χ0) is 15.6. The van der Waals surface area contributed by atoms with Crippen molar-refractivity contribution in [3.05, 3.63) is 28.8 Å². The first kappa shape index (κ1) is 15.6. The van der Waals surface area contributed by atoms with Gasteiger partial charge in [0.25, 0.3) is 5.91 Å². The van der Waals surface area contributed by atoms with Crippen LogP contribution in [0.1, 0.15) is 19.4 Å². The molecule has 1 N–H and O–H groups in total. The fraction of sp³-hybridized carbons (Fsp3) is 0.467. The van der Waals surface area contributed by atoms with Gasteiger partial charge in [-0.15, -0.1) is 0 Å². The Labute approximate surface area is 129 Å². The van der Waals surface area contributed by atoms with E-state index < -0.39 is 5.54 Å². The number of nitrogens with zero attached hydrogens (tertiary/aromatic N) is 1. The van der Waals surface area contributed by atoms with Crippen LogP contribution in [0.3, 0.4) is 0 Å². The van der Waals surface area contributed by atoms with E-state index in [-0.39, 0.29) is 18.4 Å². The number of hydrogen-bond donors (Lipinski definition) is 1. The smallest absolute Gasteiger partial charge is 0.261 e. The Morgan fingerprint density at radius 1 is 1.48 bits per heavy atom. The minimum atomic E-state index is -0.866. The molecule has 1 aromatic rings. The van der Waals surface area contributed by atoms with Gasteiger partial charge in [0.15, 0.2) is 6.61 Å². The summed E-state index contributed by atoms with van der Waals surface area (Å²) in [6.45, 7) is 6.16. The van der Waals surface area contributed by atoms with Crippen LogP contribution in [0.5, 0.6) is 5.75 Å². The van der Waals surface area contributed by atoms with Crippen LogP contribution in [0.25, 0.3) is 0 Å². The average molecular weight is 311 g/mol. The predicted octanol–water partition coefficient (Wildman–Crippen LogP) is 1.76. The van der Waals surface area contributed by atoms with Gasteiger partial charge in [0.2, 0.25) is 5.91 Å². The molecule has 114 valence electrons. The number of halogens is 1. The zero-order valence-corrected chi connectivity index (χ0v) is 13.2. The molecule has 0 radical (unpaired) electrons. The SMILES string of the molecule is Cc1ccc(Cl)c(OCC(=O)N2CCNC(=O)C2(C)C)c1. The molecule has 1 fully saturated rings. The van der Waals surface area contributed by atoms with Gasteiger partial charge in [-0.2, -0.15) is 0 Å². The normalized spacial score (nSPS) is 17.3. The van der Waals surface area contributed by atoms with Crippen LogP contribution in [-0.2, 0) is 9.59 Å². The summed E-state index contributed by atoms with van der Waals surface area (Å²) in [5.41, 5.74) is 0.134. The first-order valence-electron chi connectivity index (χ1n) is 6.80. The van der Waals surface area contributed by atoms with E-state index in [2.05, 4.69) is 5.32 Å². The van der Waals surface area contributed by atoms with E-state index in [0.29, 0.717) is 23.9 Å². The number of aryl methyl sites for hydroxylation is 1. The van der Waals surface area contributed by atoms with Crippen molar-refractivity contribution in [1.82, 2.24) is 10.2 Å². The van der Waals surface area contributed by atoms with Crippen molar-refractivity contribution in [1.29, 1.82) is 0 Å². The quantitative estimate of drug-likeness (QED) is 0.925. The summed E-state index contributed by atoms with van der Waals surface area (Å²) in [7, 11) is 0. The molecule has 1 saturated heterocycles. The van der Waals surface area contributed by atoms with E-state index in [1.807, 2.05) is 13.0 Å². The number of hydrogen-bond acceptors (Lipinski definition) is 3. The van der Waals surface area contributed by atoms with Crippen LogP contribution in [0.2, 0.25) is 5.02 Å². The third-order valence-electron chi connectivity index (χ3n) is 3.59. The minimum Gasteiger partial charge on any atom is -0.482 e. The summed E-state index contributed by atoms with van der Waals surface area (Å²) < 4.78 is 5.51. The summed E-state index contributed by atoms with van der Waals surface area (Å²) in [6.07, 6.45) is 0. The second-order valence-electron chi connectivity index (χ2n) is 5.58. The van der Waals surface area contributed by atoms with Gasteiger partial charge in [0.05, 0.1) is 5.02 Å². The van der Waals surface area contributed by atoms with Gasteiger partial charge in [-0.25, -0.2) is 0 Å². The van der Waals surface area contributed by atoms with Crippen LogP contribution in [-0.4, -0.2) is 41.9 Å². The number of carbonyl (C=O) groups is 2. The molecule has 0 spiro atoms. The molecular formula is C15H19ClN2O3. The highest BCUT2D eigenvalue weighted by molar-refractivity contribution is 6.32. The van der Waals surface area contributed by atoms with Gasteiger partial charge in [-0.3, -0.25) is 9.59 Å². The first-order valence-corrected chi connectivity index (χ1v) is 7.18. The number of ether oxygens (including phenoxy) is 1. The molecule has 0 saturated carbocycles. The highest BCUT2D eigenvalue weighted by Gasteiger charge is 2.40. The van der Waals surface area contributed by atoms with Gasteiger partial charge in [0.1, 0.15) is 11.3 Å². The van der Waals surface area contributed by atoms with Crippen LogP contribution >= 0.6 is 11.6 Å². The van der Waals surface area contributed by atoms with Gasteiger partial charge < -0.3 is 15.0 Å². The molecule has 21 heavy (non-hydrogen) atoms. The molecule has 2 amide bonds. The first-order chi connectivity index (χ1) is 9.82. The van der Waals surface area contributed by atoms with Crippen molar-refractivity contribution < 1.29 is 14.3 Å². The second-order valence-corrected chi connectivity index (χ2v) is 5.99.